The van der Waals surface area contributed by atoms with Gasteiger partial charge in [-0.05, 0) is 33.3 Å². The molecule has 0 bridgehead atoms. The van der Waals surface area contributed by atoms with E-state index in [1.165, 1.54) is 0 Å². The van der Waals surface area contributed by atoms with Gasteiger partial charge in [0, 0.05) is 24.3 Å². The third kappa shape index (κ3) is 3.04. The van der Waals surface area contributed by atoms with Crippen molar-refractivity contribution >= 4 is 11.7 Å². The van der Waals surface area contributed by atoms with Crippen LogP contribution in [0.2, 0.25) is 0 Å². The van der Waals surface area contributed by atoms with Crippen molar-refractivity contribution in [2.24, 2.45) is 5.92 Å². The highest BCUT2D eigenvalue weighted by Gasteiger charge is 2.24. The second-order valence-electron chi connectivity index (χ2n) is 5.13. The molecule has 2 heterocycles. The molecule has 0 saturated carbocycles. The molecule has 1 aliphatic heterocycles. The van der Waals surface area contributed by atoms with Crippen molar-refractivity contribution in [3.8, 4) is 0 Å². The molecule has 2 unspecified atom stereocenters. The lowest BCUT2D eigenvalue weighted by Crippen LogP contribution is -2.27. The van der Waals surface area contributed by atoms with E-state index in [9.17, 15) is 9.90 Å². The molecule has 1 aromatic heterocycles. The maximum Gasteiger partial charge on any atom is 0.339 e. The minimum absolute atomic E-state index is 0.182. The molecule has 5 nitrogen and oxygen atoms in total. The van der Waals surface area contributed by atoms with Crippen LogP contribution in [-0.2, 0) is 4.74 Å². The largest absolute Gasteiger partial charge is 0.478 e. The van der Waals surface area contributed by atoms with Crippen LogP contribution in [0.4, 0.5) is 5.69 Å². The number of aromatic nitrogens is 1. The van der Waals surface area contributed by atoms with Crippen LogP contribution >= 0.6 is 0 Å². The van der Waals surface area contributed by atoms with Gasteiger partial charge in [-0.15, -0.1) is 0 Å². The van der Waals surface area contributed by atoms with Gasteiger partial charge in [0.05, 0.1) is 18.0 Å². The molecule has 1 aromatic rings. The van der Waals surface area contributed by atoms with Crippen LogP contribution in [0.5, 0.6) is 0 Å². The quantitative estimate of drug-likeness (QED) is 0.872. The van der Waals surface area contributed by atoms with Crippen molar-refractivity contribution in [1.29, 1.82) is 0 Å². The molecule has 0 radical (unpaired) electrons. The first kappa shape index (κ1) is 13.8. The first-order valence-electron chi connectivity index (χ1n) is 6.55. The number of carbonyl (C=O) groups is 1. The van der Waals surface area contributed by atoms with Crippen LogP contribution in [0, 0.1) is 19.8 Å². The number of ether oxygens (including phenoxy) is 1. The number of nitrogens with zero attached hydrogens (tertiary/aromatic N) is 1. The van der Waals surface area contributed by atoms with E-state index in [1.54, 1.807) is 13.0 Å². The maximum absolute atomic E-state index is 11.4. The number of carboxylic acid groups (broad SMARTS) is 1. The number of hydrogen-bond donors (Lipinski definition) is 2. The monoisotopic (exact) mass is 264 g/mol. The molecule has 19 heavy (non-hydrogen) atoms. The zero-order valence-electron chi connectivity index (χ0n) is 11.6. The highest BCUT2D eigenvalue weighted by molar-refractivity contribution is 5.95. The molecule has 0 aliphatic carbocycles. The fraction of sp³-hybridized carbons (Fsp3) is 0.571. The molecule has 1 aliphatic rings. The van der Waals surface area contributed by atoms with Crippen molar-refractivity contribution in [2.45, 2.75) is 33.2 Å². The molecular formula is C14H20N2O3. The molecule has 0 amide bonds. The summed E-state index contributed by atoms with van der Waals surface area (Å²) in [7, 11) is 0. The Kier molecular flexibility index (Phi) is 4.04. The molecule has 2 N–H and O–H groups in total. The Balaban J connectivity index is 2.25. The molecule has 0 aromatic carbocycles. The van der Waals surface area contributed by atoms with E-state index in [4.69, 9.17) is 4.74 Å². The Morgan fingerprint density at radius 3 is 2.89 bits per heavy atom. The predicted molar refractivity (Wildman–Crippen MR) is 72.7 cm³/mol. The molecule has 1 saturated heterocycles. The van der Waals surface area contributed by atoms with E-state index < -0.39 is 5.97 Å². The maximum atomic E-state index is 11.4. The van der Waals surface area contributed by atoms with E-state index in [0.29, 0.717) is 17.3 Å². The van der Waals surface area contributed by atoms with Crippen molar-refractivity contribution in [1.82, 2.24) is 4.98 Å². The molecule has 104 valence electrons. The number of nitrogens with one attached hydrogen (secondary N) is 1. The molecule has 0 spiro atoms. The third-order valence-corrected chi connectivity index (χ3v) is 3.60. The summed E-state index contributed by atoms with van der Waals surface area (Å²) in [5.41, 5.74) is 2.28. The van der Waals surface area contributed by atoms with Gasteiger partial charge >= 0.3 is 5.97 Å². The Morgan fingerprint density at radius 1 is 1.58 bits per heavy atom. The summed E-state index contributed by atoms with van der Waals surface area (Å²) in [5, 5.41) is 12.6. The smallest absolute Gasteiger partial charge is 0.339 e. The van der Waals surface area contributed by atoms with Crippen LogP contribution in [0.1, 0.15) is 35.1 Å². The van der Waals surface area contributed by atoms with Gasteiger partial charge in [0.15, 0.2) is 0 Å². The first-order valence-corrected chi connectivity index (χ1v) is 6.55. The first-order chi connectivity index (χ1) is 8.99. The summed E-state index contributed by atoms with van der Waals surface area (Å²) < 4.78 is 5.37. The topological polar surface area (TPSA) is 71.5 Å². The van der Waals surface area contributed by atoms with Gasteiger partial charge in [-0.25, -0.2) is 4.79 Å². The van der Waals surface area contributed by atoms with Crippen LogP contribution in [-0.4, -0.2) is 35.3 Å². The number of anilines is 1. The van der Waals surface area contributed by atoms with Gasteiger partial charge in [-0.2, -0.15) is 0 Å². The lowest BCUT2D eigenvalue weighted by molar-refractivity contribution is 0.0696. The SMILES string of the molecule is Cc1cc(NC(C)C2CCOC2)c(C(=O)O)c(C)n1. The number of aryl methyl sites for hydroxylation is 2. The van der Waals surface area contributed by atoms with Crippen LogP contribution in [0.3, 0.4) is 0 Å². The third-order valence-electron chi connectivity index (χ3n) is 3.60. The second-order valence-corrected chi connectivity index (χ2v) is 5.13. The van der Waals surface area contributed by atoms with E-state index in [1.807, 2.05) is 6.92 Å². The Hall–Kier alpha value is -1.62. The number of pyridine rings is 1. The Labute approximate surface area is 113 Å². The number of hydrogen-bond acceptors (Lipinski definition) is 4. The Bertz CT molecular complexity index is 482. The minimum Gasteiger partial charge on any atom is -0.478 e. The average Bonchev–Trinajstić information content (AvgIpc) is 2.80. The van der Waals surface area contributed by atoms with Crippen molar-refractivity contribution in [3.63, 3.8) is 0 Å². The van der Waals surface area contributed by atoms with E-state index in [0.717, 1.165) is 25.3 Å². The van der Waals surface area contributed by atoms with Crippen molar-refractivity contribution in [2.75, 3.05) is 18.5 Å². The molecule has 2 atom stereocenters. The van der Waals surface area contributed by atoms with Gasteiger partial charge in [-0.3, -0.25) is 4.98 Å². The number of aromatic carboxylic acids is 1. The summed E-state index contributed by atoms with van der Waals surface area (Å²) in [5.74, 6) is -0.516. The summed E-state index contributed by atoms with van der Waals surface area (Å²) in [6.07, 6.45) is 1.01. The van der Waals surface area contributed by atoms with Crippen molar-refractivity contribution < 1.29 is 14.6 Å². The molecule has 5 heteroatoms. The van der Waals surface area contributed by atoms with Crippen LogP contribution in [0.25, 0.3) is 0 Å². The molecular weight excluding hydrogens is 244 g/mol. The molecule has 1 fully saturated rings. The standard InChI is InChI=1S/C14H20N2O3/c1-8-6-12(13(14(17)18)10(3)15-8)16-9(2)11-4-5-19-7-11/h6,9,11H,4-5,7H2,1-3H3,(H,15,16)(H,17,18). The van der Waals surface area contributed by atoms with E-state index in [2.05, 4.69) is 17.2 Å². The Morgan fingerprint density at radius 2 is 2.32 bits per heavy atom. The zero-order chi connectivity index (χ0) is 14.0. The van der Waals surface area contributed by atoms with Gasteiger partial charge in [0.25, 0.3) is 0 Å². The van der Waals surface area contributed by atoms with Crippen molar-refractivity contribution in [3.05, 3.63) is 23.0 Å². The highest BCUT2D eigenvalue weighted by Crippen LogP contribution is 2.24. The van der Waals surface area contributed by atoms with E-state index >= 15 is 0 Å². The summed E-state index contributed by atoms with van der Waals surface area (Å²) in [6.45, 7) is 7.19. The normalized spacial score (nSPS) is 20.3. The fourth-order valence-corrected chi connectivity index (χ4v) is 2.52. The number of carboxylic acids is 1. The van der Waals surface area contributed by atoms with Gasteiger partial charge in [-0.1, -0.05) is 0 Å². The molecule has 2 rings (SSSR count). The average molecular weight is 264 g/mol. The van der Waals surface area contributed by atoms with Gasteiger partial charge < -0.3 is 15.2 Å². The van der Waals surface area contributed by atoms with E-state index in [-0.39, 0.29) is 11.6 Å². The predicted octanol–water partition coefficient (Wildman–Crippen LogP) is 2.23. The highest BCUT2D eigenvalue weighted by atomic mass is 16.5. The summed E-state index contributed by atoms with van der Waals surface area (Å²) >= 11 is 0. The fourth-order valence-electron chi connectivity index (χ4n) is 2.52. The van der Waals surface area contributed by atoms with Gasteiger partial charge in [0.2, 0.25) is 0 Å². The zero-order valence-corrected chi connectivity index (χ0v) is 11.6. The summed E-state index contributed by atoms with van der Waals surface area (Å²) in [6, 6.07) is 1.98. The van der Waals surface area contributed by atoms with Gasteiger partial charge in [0.1, 0.15) is 5.56 Å². The number of rotatable bonds is 4. The lowest BCUT2D eigenvalue weighted by atomic mass is 9.99. The van der Waals surface area contributed by atoms with Crippen LogP contribution < -0.4 is 5.32 Å². The minimum atomic E-state index is -0.942. The lowest BCUT2D eigenvalue weighted by Gasteiger charge is -2.22. The summed E-state index contributed by atoms with van der Waals surface area (Å²) in [4.78, 5) is 15.6. The second kappa shape index (κ2) is 5.57. The van der Waals surface area contributed by atoms with Crippen LogP contribution in [0.15, 0.2) is 6.07 Å².